The highest BCUT2D eigenvalue weighted by molar-refractivity contribution is 5.91. The van der Waals surface area contributed by atoms with E-state index in [0.29, 0.717) is 0 Å². The average molecular weight is 218 g/mol. The molecule has 0 aliphatic heterocycles. The number of nitrogens with zero attached hydrogens (tertiary/aromatic N) is 1. The summed E-state index contributed by atoms with van der Waals surface area (Å²) in [6.07, 6.45) is 0.461. The van der Waals surface area contributed by atoms with E-state index in [1.807, 2.05) is 19.1 Å². The predicted octanol–water partition coefficient (Wildman–Crippen LogP) is 2.25. The Morgan fingerprint density at radius 3 is 2.88 bits per heavy atom. The smallest absolute Gasteiger partial charge is 0.225 e. The van der Waals surface area contributed by atoms with Crippen molar-refractivity contribution in [2.45, 2.75) is 19.8 Å². The highest BCUT2D eigenvalue weighted by atomic mass is 16.5. The minimum Gasteiger partial charge on any atom is -0.496 e. The molecule has 0 heterocycles. The van der Waals surface area contributed by atoms with Crippen LogP contribution in [0.3, 0.4) is 0 Å². The summed E-state index contributed by atoms with van der Waals surface area (Å²) in [7, 11) is 1.60. The third kappa shape index (κ3) is 3.28. The normalized spacial score (nSPS) is 9.31. The van der Waals surface area contributed by atoms with Gasteiger partial charge in [-0.2, -0.15) is 5.26 Å². The minimum atomic E-state index is -0.147. The number of carbonyl (C=O) groups excluding carboxylic acids is 1. The molecule has 84 valence electrons. The first-order chi connectivity index (χ1) is 7.67. The van der Waals surface area contributed by atoms with Gasteiger partial charge in [0.15, 0.2) is 0 Å². The predicted molar refractivity (Wildman–Crippen MR) is 61.2 cm³/mol. The zero-order chi connectivity index (χ0) is 12.0. The number of ether oxygens (including phenoxy) is 1. The van der Waals surface area contributed by atoms with Gasteiger partial charge in [-0.15, -0.1) is 0 Å². The van der Waals surface area contributed by atoms with E-state index in [2.05, 4.69) is 5.32 Å². The number of nitrogens with one attached hydrogen (secondary N) is 1. The molecule has 0 spiro atoms. The Bertz CT molecular complexity index is 422. The number of hydrogen-bond donors (Lipinski definition) is 1. The zero-order valence-corrected chi connectivity index (χ0v) is 9.41. The summed E-state index contributed by atoms with van der Waals surface area (Å²) in [5.74, 6) is 0.640. The van der Waals surface area contributed by atoms with Gasteiger partial charge in [0.2, 0.25) is 5.91 Å². The van der Waals surface area contributed by atoms with Crippen LogP contribution < -0.4 is 10.1 Å². The minimum absolute atomic E-state index is 0.147. The van der Waals surface area contributed by atoms with Crippen LogP contribution in [-0.2, 0) is 4.79 Å². The number of hydrogen-bond acceptors (Lipinski definition) is 3. The summed E-state index contributed by atoms with van der Waals surface area (Å²) >= 11 is 0. The van der Waals surface area contributed by atoms with Gasteiger partial charge in [0.25, 0.3) is 0 Å². The molecule has 4 nitrogen and oxygen atoms in total. The number of aryl methyl sites for hydroxylation is 1. The Labute approximate surface area is 94.8 Å². The standard InChI is InChI=1S/C12H14N2O2/c1-9-8-10(5-6-11(9)16-2)14-12(15)4-3-7-13/h5-6,8H,3-4H2,1-2H3,(H,14,15). The first-order valence-corrected chi connectivity index (χ1v) is 4.99. The molecule has 1 amide bonds. The number of benzene rings is 1. The van der Waals surface area contributed by atoms with Crippen molar-refractivity contribution in [2.75, 3.05) is 12.4 Å². The molecule has 0 atom stereocenters. The van der Waals surface area contributed by atoms with Crippen LogP contribution in [0.1, 0.15) is 18.4 Å². The summed E-state index contributed by atoms with van der Waals surface area (Å²) in [6.45, 7) is 1.91. The van der Waals surface area contributed by atoms with Gasteiger partial charge in [-0.1, -0.05) is 0 Å². The van der Waals surface area contributed by atoms with Crippen LogP contribution in [0.4, 0.5) is 5.69 Å². The van der Waals surface area contributed by atoms with E-state index in [9.17, 15) is 4.79 Å². The summed E-state index contributed by atoms with van der Waals surface area (Å²) in [4.78, 5) is 11.3. The number of amides is 1. The largest absolute Gasteiger partial charge is 0.496 e. The Kier molecular flexibility index (Phi) is 4.34. The van der Waals surface area contributed by atoms with E-state index in [0.717, 1.165) is 17.0 Å². The fourth-order valence-corrected chi connectivity index (χ4v) is 1.35. The van der Waals surface area contributed by atoms with E-state index < -0.39 is 0 Å². The van der Waals surface area contributed by atoms with Crippen molar-refractivity contribution in [3.8, 4) is 11.8 Å². The Hall–Kier alpha value is -2.02. The molecule has 1 aromatic rings. The Morgan fingerprint density at radius 2 is 2.31 bits per heavy atom. The number of anilines is 1. The first-order valence-electron chi connectivity index (χ1n) is 4.99. The first kappa shape index (κ1) is 12.1. The molecule has 1 aromatic carbocycles. The second-order valence-electron chi connectivity index (χ2n) is 3.39. The average Bonchev–Trinajstić information content (AvgIpc) is 2.26. The maximum absolute atomic E-state index is 11.3. The van der Waals surface area contributed by atoms with Crippen molar-refractivity contribution >= 4 is 11.6 Å². The van der Waals surface area contributed by atoms with Crippen molar-refractivity contribution in [2.24, 2.45) is 0 Å². The van der Waals surface area contributed by atoms with Gasteiger partial charge in [0, 0.05) is 18.5 Å². The third-order valence-electron chi connectivity index (χ3n) is 2.14. The van der Waals surface area contributed by atoms with Gasteiger partial charge in [-0.3, -0.25) is 4.79 Å². The molecule has 0 radical (unpaired) electrons. The van der Waals surface area contributed by atoms with Crippen LogP contribution in [-0.4, -0.2) is 13.0 Å². The fraction of sp³-hybridized carbons (Fsp3) is 0.333. The molecule has 0 bridgehead atoms. The molecular formula is C12H14N2O2. The highest BCUT2D eigenvalue weighted by Crippen LogP contribution is 2.21. The Balaban J connectivity index is 2.65. The van der Waals surface area contributed by atoms with Gasteiger partial charge in [0.1, 0.15) is 5.75 Å². The molecule has 16 heavy (non-hydrogen) atoms. The van der Waals surface area contributed by atoms with Gasteiger partial charge in [-0.25, -0.2) is 0 Å². The number of nitriles is 1. The number of methoxy groups -OCH3 is 1. The molecule has 0 aromatic heterocycles. The SMILES string of the molecule is COc1ccc(NC(=O)CCC#N)cc1C. The van der Waals surface area contributed by atoms with Crippen molar-refractivity contribution in [1.82, 2.24) is 0 Å². The molecule has 1 N–H and O–H groups in total. The lowest BCUT2D eigenvalue weighted by Crippen LogP contribution is -2.10. The molecular weight excluding hydrogens is 204 g/mol. The van der Waals surface area contributed by atoms with Gasteiger partial charge < -0.3 is 10.1 Å². The zero-order valence-electron chi connectivity index (χ0n) is 9.41. The van der Waals surface area contributed by atoms with E-state index in [1.165, 1.54) is 0 Å². The molecule has 0 fully saturated rings. The summed E-state index contributed by atoms with van der Waals surface area (Å²) in [6, 6.07) is 7.34. The van der Waals surface area contributed by atoms with Crippen LogP contribution in [0, 0.1) is 18.3 Å². The number of rotatable bonds is 4. The topological polar surface area (TPSA) is 62.1 Å². The maximum Gasteiger partial charge on any atom is 0.225 e. The lowest BCUT2D eigenvalue weighted by molar-refractivity contribution is -0.116. The second-order valence-corrected chi connectivity index (χ2v) is 3.39. The van der Waals surface area contributed by atoms with Crippen LogP contribution in [0.5, 0.6) is 5.75 Å². The second kappa shape index (κ2) is 5.76. The van der Waals surface area contributed by atoms with Crippen molar-refractivity contribution < 1.29 is 9.53 Å². The summed E-state index contributed by atoms with van der Waals surface area (Å²) in [5, 5.41) is 11.1. The molecule has 4 heteroatoms. The van der Waals surface area contributed by atoms with Crippen LogP contribution >= 0.6 is 0 Å². The van der Waals surface area contributed by atoms with Gasteiger partial charge in [-0.05, 0) is 30.7 Å². The van der Waals surface area contributed by atoms with Crippen LogP contribution in [0.25, 0.3) is 0 Å². The van der Waals surface area contributed by atoms with E-state index in [-0.39, 0.29) is 18.7 Å². The van der Waals surface area contributed by atoms with Crippen molar-refractivity contribution in [3.63, 3.8) is 0 Å². The van der Waals surface area contributed by atoms with E-state index >= 15 is 0 Å². The summed E-state index contributed by atoms with van der Waals surface area (Å²) < 4.78 is 5.11. The monoisotopic (exact) mass is 218 g/mol. The quantitative estimate of drug-likeness (QED) is 0.843. The Morgan fingerprint density at radius 1 is 1.56 bits per heavy atom. The van der Waals surface area contributed by atoms with E-state index in [1.54, 1.807) is 19.2 Å². The molecule has 0 aliphatic carbocycles. The highest BCUT2D eigenvalue weighted by Gasteiger charge is 2.04. The lowest BCUT2D eigenvalue weighted by atomic mass is 10.2. The fourth-order valence-electron chi connectivity index (χ4n) is 1.35. The van der Waals surface area contributed by atoms with E-state index in [4.69, 9.17) is 10.00 Å². The lowest BCUT2D eigenvalue weighted by Gasteiger charge is -2.08. The van der Waals surface area contributed by atoms with Gasteiger partial charge in [0.05, 0.1) is 13.2 Å². The van der Waals surface area contributed by atoms with Crippen LogP contribution in [0.2, 0.25) is 0 Å². The molecule has 1 rings (SSSR count). The molecule has 0 aliphatic rings. The number of carbonyl (C=O) groups is 1. The van der Waals surface area contributed by atoms with Gasteiger partial charge >= 0.3 is 0 Å². The van der Waals surface area contributed by atoms with Crippen LogP contribution in [0.15, 0.2) is 18.2 Å². The third-order valence-corrected chi connectivity index (χ3v) is 2.14. The molecule has 0 saturated heterocycles. The van der Waals surface area contributed by atoms with Crippen molar-refractivity contribution in [1.29, 1.82) is 5.26 Å². The summed E-state index contributed by atoms with van der Waals surface area (Å²) in [5.41, 5.74) is 1.68. The molecule has 0 unspecified atom stereocenters. The van der Waals surface area contributed by atoms with Crippen molar-refractivity contribution in [3.05, 3.63) is 23.8 Å². The molecule has 0 saturated carbocycles. The maximum atomic E-state index is 11.3.